The largest absolute Gasteiger partial charge is 0.489 e. The Hall–Kier alpha value is -1.94. The van der Waals surface area contributed by atoms with Crippen molar-refractivity contribution in [3.8, 4) is 5.75 Å². The number of hydrogen-bond acceptors (Lipinski definition) is 2. The van der Waals surface area contributed by atoms with Crippen molar-refractivity contribution in [1.29, 1.82) is 0 Å². The molecule has 2 nitrogen and oxygen atoms in total. The maximum atomic E-state index is 13.1. The van der Waals surface area contributed by atoms with Gasteiger partial charge in [-0.25, -0.2) is 8.78 Å². The number of rotatable bonds is 4. The molecule has 0 aliphatic carbocycles. The molecule has 0 radical (unpaired) electrons. The lowest BCUT2D eigenvalue weighted by atomic mass is 10.1. The van der Waals surface area contributed by atoms with E-state index in [1.165, 1.54) is 6.07 Å². The third kappa shape index (κ3) is 3.29. The Morgan fingerprint density at radius 2 is 1.84 bits per heavy atom. The molecule has 0 spiro atoms. The van der Waals surface area contributed by atoms with Gasteiger partial charge in [0.05, 0.1) is 0 Å². The number of hydrogen-bond donors (Lipinski definition) is 1. The summed E-state index contributed by atoms with van der Waals surface area (Å²) in [5.74, 6) is -1.08. The van der Waals surface area contributed by atoms with Gasteiger partial charge in [-0.05, 0) is 30.7 Å². The summed E-state index contributed by atoms with van der Waals surface area (Å²) in [6.45, 7) is 2.03. The highest BCUT2D eigenvalue weighted by atomic mass is 19.2. The number of halogens is 2. The fourth-order valence-corrected chi connectivity index (χ4v) is 1.78. The van der Waals surface area contributed by atoms with Crippen molar-refractivity contribution in [2.24, 2.45) is 5.73 Å². The molecule has 2 rings (SSSR count). The summed E-state index contributed by atoms with van der Waals surface area (Å²) < 4.78 is 31.5. The van der Waals surface area contributed by atoms with E-state index in [9.17, 15) is 8.78 Å². The van der Waals surface area contributed by atoms with E-state index in [0.717, 1.165) is 17.7 Å². The zero-order valence-corrected chi connectivity index (χ0v) is 10.6. The second-order valence-electron chi connectivity index (χ2n) is 4.36. The summed E-state index contributed by atoms with van der Waals surface area (Å²) in [7, 11) is 0. The van der Waals surface area contributed by atoms with Crippen molar-refractivity contribution in [3.05, 3.63) is 65.2 Å². The van der Waals surface area contributed by atoms with Gasteiger partial charge in [0.1, 0.15) is 12.4 Å². The molecule has 0 fully saturated rings. The van der Waals surface area contributed by atoms with Crippen LogP contribution in [0.3, 0.4) is 0 Å². The Morgan fingerprint density at radius 1 is 1.11 bits per heavy atom. The molecule has 2 aromatic rings. The average molecular weight is 263 g/mol. The molecule has 0 aliphatic rings. The molecule has 0 unspecified atom stereocenters. The fraction of sp³-hybridized carbons (Fsp3) is 0.200. The molecule has 0 heterocycles. The lowest BCUT2D eigenvalue weighted by molar-refractivity contribution is 0.300. The quantitative estimate of drug-likeness (QED) is 0.915. The van der Waals surface area contributed by atoms with Crippen LogP contribution in [0.2, 0.25) is 0 Å². The summed E-state index contributed by atoms with van der Waals surface area (Å²) in [4.78, 5) is 0. The number of benzene rings is 2. The van der Waals surface area contributed by atoms with Crippen LogP contribution in [0.4, 0.5) is 8.78 Å². The molecule has 0 saturated heterocycles. The monoisotopic (exact) mass is 263 g/mol. The highest BCUT2D eigenvalue weighted by Gasteiger charge is 2.08. The highest BCUT2D eigenvalue weighted by molar-refractivity contribution is 5.35. The minimum absolute atomic E-state index is 0.152. The number of ether oxygens (including phenoxy) is 1. The van der Waals surface area contributed by atoms with E-state index in [1.807, 2.05) is 25.1 Å². The second kappa shape index (κ2) is 5.80. The first kappa shape index (κ1) is 13.5. The Kier molecular flexibility index (Phi) is 4.12. The molecule has 2 N–H and O–H groups in total. The summed E-state index contributed by atoms with van der Waals surface area (Å²) >= 11 is 0. The van der Waals surface area contributed by atoms with E-state index in [-0.39, 0.29) is 12.6 Å². The smallest absolute Gasteiger partial charge is 0.159 e. The van der Waals surface area contributed by atoms with Crippen molar-refractivity contribution in [3.63, 3.8) is 0 Å². The van der Waals surface area contributed by atoms with Gasteiger partial charge < -0.3 is 10.5 Å². The second-order valence-corrected chi connectivity index (χ2v) is 4.36. The van der Waals surface area contributed by atoms with Crippen molar-refractivity contribution in [2.75, 3.05) is 0 Å². The third-order valence-corrected chi connectivity index (χ3v) is 2.79. The zero-order chi connectivity index (χ0) is 13.8. The molecule has 0 aliphatic heterocycles. The standard InChI is InChI=1S/C15H15F2NO/c1-10(18)12-4-2-3-5-15(12)19-9-11-6-7-13(16)14(17)8-11/h2-8,10H,9,18H2,1H3/t10-/m1/s1. The van der Waals surface area contributed by atoms with Crippen LogP contribution in [0.25, 0.3) is 0 Å². The normalized spacial score (nSPS) is 12.2. The van der Waals surface area contributed by atoms with Gasteiger partial charge in [-0.2, -0.15) is 0 Å². The Bertz CT molecular complexity index is 570. The molecule has 19 heavy (non-hydrogen) atoms. The van der Waals surface area contributed by atoms with Gasteiger partial charge >= 0.3 is 0 Å². The third-order valence-electron chi connectivity index (χ3n) is 2.79. The molecule has 0 amide bonds. The summed E-state index contributed by atoms with van der Waals surface area (Å²) in [5.41, 5.74) is 7.29. The maximum absolute atomic E-state index is 13.1. The van der Waals surface area contributed by atoms with Crippen LogP contribution in [-0.4, -0.2) is 0 Å². The fourth-order valence-electron chi connectivity index (χ4n) is 1.78. The summed E-state index contributed by atoms with van der Waals surface area (Å²) in [5, 5.41) is 0. The molecule has 2 aromatic carbocycles. The van der Waals surface area contributed by atoms with Gasteiger partial charge in [-0.15, -0.1) is 0 Å². The molecule has 4 heteroatoms. The van der Waals surface area contributed by atoms with Crippen LogP contribution in [-0.2, 0) is 6.61 Å². The van der Waals surface area contributed by atoms with Crippen LogP contribution in [0.15, 0.2) is 42.5 Å². The Morgan fingerprint density at radius 3 is 2.53 bits per heavy atom. The predicted molar refractivity (Wildman–Crippen MR) is 69.7 cm³/mol. The summed E-state index contributed by atoms with van der Waals surface area (Å²) in [6, 6.07) is 11.0. The zero-order valence-electron chi connectivity index (χ0n) is 10.6. The van der Waals surface area contributed by atoms with Crippen LogP contribution in [0, 0.1) is 11.6 Å². The number of para-hydroxylation sites is 1. The van der Waals surface area contributed by atoms with Crippen molar-refractivity contribution in [2.45, 2.75) is 19.6 Å². The molecule has 0 aromatic heterocycles. The van der Waals surface area contributed by atoms with Gasteiger partial charge in [0, 0.05) is 11.6 Å². The molecular formula is C15H15F2NO. The van der Waals surface area contributed by atoms with Crippen LogP contribution < -0.4 is 10.5 Å². The topological polar surface area (TPSA) is 35.2 Å². The van der Waals surface area contributed by atoms with E-state index in [4.69, 9.17) is 10.5 Å². The first-order valence-electron chi connectivity index (χ1n) is 5.99. The van der Waals surface area contributed by atoms with E-state index in [1.54, 1.807) is 6.07 Å². The minimum Gasteiger partial charge on any atom is -0.489 e. The van der Waals surface area contributed by atoms with Gasteiger partial charge in [-0.3, -0.25) is 0 Å². The maximum Gasteiger partial charge on any atom is 0.159 e. The van der Waals surface area contributed by atoms with Gasteiger partial charge in [0.15, 0.2) is 11.6 Å². The van der Waals surface area contributed by atoms with Gasteiger partial charge in [0.2, 0.25) is 0 Å². The molecule has 0 bridgehead atoms. The SMILES string of the molecule is C[C@@H](N)c1ccccc1OCc1ccc(F)c(F)c1. The predicted octanol–water partition coefficient (Wildman–Crippen LogP) is 3.56. The van der Waals surface area contributed by atoms with Crippen molar-refractivity contribution in [1.82, 2.24) is 0 Å². The van der Waals surface area contributed by atoms with E-state index < -0.39 is 11.6 Å². The highest BCUT2D eigenvalue weighted by Crippen LogP contribution is 2.24. The van der Waals surface area contributed by atoms with E-state index >= 15 is 0 Å². The van der Waals surface area contributed by atoms with Gasteiger partial charge in [-0.1, -0.05) is 24.3 Å². The minimum atomic E-state index is -0.874. The lowest BCUT2D eigenvalue weighted by Crippen LogP contribution is -2.08. The van der Waals surface area contributed by atoms with Gasteiger partial charge in [0.25, 0.3) is 0 Å². The van der Waals surface area contributed by atoms with Crippen LogP contribution in [0.1, 0.15) is 24.1 Å². The Labute approximate surface area is 110 Å². The van der Waals surface area contributed by atoms with Crippen LogP contribution >= 0.6 is 0 Å². The first-order valence-corrected chi connectivity index (χ1v) is 5.99. The molecule has 0 saturated carbocycles. The average Bonchev–Trinajstić information content (AvgIpc) is 2.40. The van der Waals surface area contributed by atoms with Crippen molar-refractivity contribution < 1.29 is 13.5 Å². The van der Waals surface area contributed by atoms with Crippen LogP contribution in [0.5, 0.6) is 5.75 Å². The summed E-state index contributed by atoms with van der Waals surface area (Å²) in [6.07, 6.45) is 0. The lowest BCUT2D eigenvalue weighted by Gasteiger charge is -2.13. The van der Waals surface area contributed by atoms with E-state index in [2.05, 4.69) is 0 Å². The molecular weight excluding hydrogens is 248 g/mol. The van der Waals surface area contributed by atoms with Crippen molar-refractivity contribution >= 4 is 0 Å². The number of nitrogens with two attached hydrogens (primary N) is 1. The Balaban J connectivity index is 2.12. The first-order chi connectivity index (χ1) is 9.08. The van der Waals surface area contributed by atoms with E-state index in [0.29, 0.717) is 11.3 Å². The molecule has 100 valence electrons. The molecule has 1 atom stereocenters.